The van der Waals surface area contributed by atoms with Gasteiger partial charge < -0.3 is 18.8 Å². The van der Waals surface area contributed by atoms with E-state index >= 15 is 0 Å². The third-order valence-electron chi connectivity index (χ3n) is 5.66. The Labute approximate surface area is 158 Å². The number of hydrogen-bond acceptors (Lipinski definition) is 4. The second-order valence-corrected chi connectivity index (χ2v) is 11.8. The molecule has 0 saturated carbocycles. The molecule has 2 rings (SSSR count). The van der Waals surface area contributed by atoms with Crippen molar-refractivity contribution in [1.29, 1.82) is 0 Å². The van der Waals surface area contributed by atoms with Crippen molar-refractivity contribution in [1.82, 2.24) is 4.90 Å². The van der Waals surface area contributed by atoms with Gasteiger partial charge in [0.15, 0.2) is 8.32 Å². The van der Waals surface area contributed by atoms with Gasteiger partial charge in [-0.25, -0.2) is 4.79 Å². The molecule has 0 unspecified atom stereocenters. The summed E-state index contributed by atoms with van der Waals surface area (Å²) in [4.78, 5) is 14.4. The first-order valence-corrected chi connectivity index (χ1v) is 12.2. The lowest BCUT2D eigenvalue weighted by molar-refractivity contribution is 0.0744. The summed E-state index contributed by atoms with van der Waals surface area (Å²) in [7, 11) is 0.0267. The summed E-state index contributed by atoms with van der Waals surface area (Å²) in [5, 5.41) is 0. The lowest BCUT2D eigenvalue weighted by Gasteiger charge is -2.31. The Bertz CT molecular complexity index is 542. The second kappa shape index (κ2) is 10.1. The van der Waals surface area contributed by atoms with Crippen LogP contribution in [-0.2, 0) is 20.5 Å². The molecule has 1 amide bonds. The first-order valence-electron chi connectivity index (χ1n) is 9.71. The molecule has 1 aliphatic heterocycles. The van der Waals surface area contributed by atoms with E-state index in [-0.39, 0.29) is 18.2 Å². The van der Waals surface area contributed by atoms with Crippen molar-refractivity contribution in [3.8, 4) is 0 Å². The summed E-state index contributed by atoms with van der Waals surface area (Å²) >= 11 is 0. The van der Waals surface area contributed by atoms with Crippen molar-refractivity contribution in [2.24, 2.45) is 0 Å². The average molecular weight is 380 g/mol. The van der Waals surface area contributed by atoms with Gasteiger partial charge in [-0.15, -0.1) is 0 Å². The number of ether oxygens (including phenoxy) is 2. The molecule has 0 spiro atoms. The van der Waals surface area contributed by atoms with Crippen molar-refractivity contribution in [2.75, 3.05) is 20.3 Å². The van der Waals surface area contributed by atoms with Gasteiger partial charge in [-0.05, 0) is 30.1 Å². The van der Waals surface area contributed by atoms with Gasteiger partial charge in [0.05, 0.1) is 25.3 Å². The van der Waals surface area contributed by atoms with Crippen LogP contribution in [0.25, 0.3) is 0 Å². The molecule has 1 aromatic rings. The summed E-state index contributed by atoms with van der Waals surface area (Å²) in [6, 6.07) is 13.1. The molecule has 0 radical (unpaired) electrons. The van der Waals surface area contributed by atoms with Crippen LogP contribution in [0, 0.1) is 0 Å². The van der Waals surface area contributed by atoms with Crippen LogP contribution in [0.3, 0.4) is 0 Å². The predicted molar refractivity (Wildman–Crippen MR) is 106 cm³/mol. The van der Waals surface area contributed by atoms with Crippen LogP contribution >= 0.6 is 0 Å². The van der Waals surface area contributed by atoms with Gasteiger partial charge in [0.25, 0.3) is 0 Å². The number of methoxy groups -OCH3 is 1. The van der Waals surface area contributed by atoms with Crippen LogP contribution in [0.4, 0.5) is 4.79 Å². The number of amides is 1. The van der Waals surface area contributed by atoms with Gasteiger partial charge in [0, 0.05) is 7.11 Å². The molecule has 1 saturated heterocycles. The SMILES string of the molecule is CC[Si](CC)(CC)OC[C@@H]1C[C@H](OC)CN1C(=O)OCc1ccccc1. The maximum Gasteiger partial charge on any atom is 0.410 e. The van der Waals surface area contributed by atoms with Crippen LogP contribution in [0.1, 0.15) is 32.8 Å². The monoisotopic (exact) mass is 379 g/mol. The zero-order valence-corrected chi connectivity index (χ0v) is 17.6. The third-order valence-corrected chi connectivity index (χ3v) is 10.3. The summed E-state index contributed by atoms with van der Waals surface area (Å²) in [6.45, 7) is 8.10. The van der Waals surface area contributed by atoms with Gasteiger partial charge in [-0.1, -0.05) is 51.1 Å². The van der Waals surface area contributed by atoms with Gasteiger partial charge in [0.2, 0.25) is 0 Å². The number of nitrogens with zero attached hydrogens (tertiary/aromatic N) is 1. The minimum absolute atomic E-state index is 0.0275. The third kappa shape index (κ3) is 5.31. The normalized spacial score (nSPS) is 20.4. The van der Waals surface area contributed by atoms with E-state index in [4.69, 9.17) is 13.9 Å². The predicted octanol–water partition coefficient (Wildman–Crippen LogP) is 4.43. The minimum atomic E-state index is -1.67. The number of hydrogen-bond donors (Lipinski definition) is 0. The van der Waals surface area contributed by atoms with Gasteiger partial charge >= 0.3 is 6.09 Å². The van der Waals surface area contributed by atoms with E-state index in [1.54, 1.807) is 12.0 Å². The van der Waals surface area contributed by atoms with Crippen molar-refractivity contribution < 1.29 is 18.7 Å². The fourth-order valence-corrected chi connectivity index (χ4v) is 6.22. The number of carbonyl (C=O) groups is 1. The molecule has 6 heteroatoms. The Hall–Kier alpha value is -1.37. The molecular weight excluding hydrogens is 346 g/mol. The molecule has 1 fully saturated rings. The highest BCUT2D eigenvalue weighted by Crippen LogP contribution is 2.26. The Morgan fingerprint density at radius 3 is 2.38 bits per heavy atom. The topological polar surface area (TPSA) is 48.0 Å². The molecule has 2 atom stereocenters. The zero-order valence-electron chi connectivity index (χ0n) is 16.6. The molecule has 5 nitrogen and oxygen atoms in total. The second-order valence-electron chi connectivity index (χ2n) is 6.99. The lowest BCUT2D eigenvalue weighted by Crippen LogP contribution is -2.44. The highest BCUT2D eigenvalue weighted by Gasteiger charge is 2.38. The van der Waals surface area contributed by atoms with E-state index in [2.05, 4.69) is 20.8 Å². The fraction of sp³-hybridized carbons (Fsp3) is 0.650. The summed E-state index contributed by atoms with van der Waals surface area (Å²) < 4.78 is 17.5. The first-order chi connectivity index (χ1) is 12.6. The molecule has 0 aliphatic carbocycles. The standard InChI is InChI=1S/C20H33NO4Si/c1-5-26(6-2,7-3)25-16-18-13-19(23-4)14-21(18)20(22)24-15-17-11-9-8-10-12-17/h8-12,18-19H,5-7,13-16H2,1-4H3/t18-,19-/m0/s1. The molecule has 1 aromatic carbocycles. The summed E-state index contributed by atoms with van der Waals surface area (Å²) in [6.07, 6.45) is 0.575. The van der Waals surface area contributed by atoms with Crippen molar-refractivity contribution in [3.63, 3.8) is 0 Å². The number of benzene rings is 1. The summed E-state index contributed by atoms with van der Waals surface area (Å²) in [5.41, 5.74) is 0.991. The molecule has 1 heterocycles. The van der Waals surface area contributed by atoms with E-state index in [9.17, 15) is 4.79 Å². The van der Waals surface area contributed by atoms with E-state index in [1.165, 1.54) is 0 Å². The quantitative estimate of drug-likeness (QED) is 0.595. The smallest absolute Gasteiger partial charge is 0.410 e. The van der Waals surface area contributed by atoms with Crippen molar-refractivity contribution in [2.45, 2.75) is 64.1 Å². The first kappa shape index (κ1) is 20.9. The Morgan fingerprint density at radius 2 is 1.81 bits per heavy atom. The van der Waals surface area contributed by atoms with Crippen LogP contribution in [0.15, 0.2) is 30.3 Å². The molecule has 0 aromatic heterocycles. The summed E-state index contributed by atoms with van der Waals surface area (Å²) in [5.74, 6) is 0. The number of likely N-dealkylation sites (tertiary alicyclic amines) is 1. The van der Waals surface area contributed by atoms with Gasteiger partial charge in [0.1, 0.15) is 6.61 Å². The molecule has 0 N–H and O–H groups in total. The molecule has 0 bridgehead atoms. The van der Waals surface area contributed by atoms with Crippen molar-refractivity contribution >= 4 is 14.4 Å². The van der Waals surface area contributed by atoms with Crippen LogP contribution < -0.4 is 0 Å². The van der Waals surface area contributed by atoms with E-state index < -0.39 is 8.32 Å². The van der Waals surface area contributed by atoms with E-state index in [0.717, 1.165) is 30.1 Å². The maximum atomic E-state index is 12.6. The largest absolute Gasteiger partial charge is 0.445 e. The molecule has 26 heavy (non-hydrogen) atoms. The van der Waals surface area contributed by atoms with Crippen LogP contribution in [0.2, 0.25) is 18.1 Å². The molecular formula is C20H33NO4Si. The van der Waals surface area contributed by atoms with Crippen LogP contribution in [-0.4, -0.2) is 51.7 Å². The molecule has 146 valence electrons. The van der Waals surface area contributed by atoms with Gasteiger partial charge in [-0.3, -0.25) is 0 Å². The van der Waals surface area contributed by atoms with Gasteiger partial charge in [-0.2, -0.15) is 0 Å². The van der Waals surface area contributed by atoms with Crippen LogP contribution in [0.5, 0.6) is 0 Å². The Kier molecular flexibility index (Phi) is 8.12. The average Bonchev–Trinajstić information content (AvgIpc) is 3.12. The van der Waals surface area contributed by atoms with Crippen molar-refractivity contribution in [3.05, 3.63) is 35.9 Å². The zero-order chi connectivity index (χ0) is 19.0. The fourth-order valence-electron chi connectivity index (χ4n) is 3.56. The Balaban J connectivity index is 1.96. The van der Waals surface area contributed by atoms with E-state index in [1.807, 2.05) is 30.3 Å². The number of carbonyl (C=O) groups excluding carboxylic acids is 1. The van der Waals surface area contributed by atoms with E-state index in [0.29, 0.717) is 19.8 Å². The maximum absolute atomic E-state index is 12.6. The lowest BCUT2D eigenvalue weighted by atomic mass is 10.2. The number of rotatable bonds is 9. The molecule has 1 aliphatic rings. The highest BCUT2D eigenvalue weighted by molar-refractivity contribution is 6.73. The minimum Gasteiger partial charge on any atom is -0.445 e. The highest BCUT2D eigenvalue weighted by atomic mass is 28.4. The Morgan fingerprint density at radius 1 is 1.15 bits per heavy atom.